The normalized spacial score (nSPS) is 15.7. The molecule has 1 rings (SSSR count). The average Bonchev–Trinajstić information content (AvgIpc) is 2.40. The molecule has 19 heavy (non-hydrogen) atoms. The SMILES string of the molecule is CCCN1CCCCC1.COCCOCCC(=O)O. The van der Waals surface area contributed by atoms with Crippen LogP contribution < -0.4 is 0 Å². The zero-order valence-electron chi connectivity index (χ0n) is 12.4. The van der Waals surface area contributed by atoms with E-state index in [2.05, 4.69) is 16.6 Å². The van der Waals surface area contributed by atoms with Crippen molar-refractivity contribution >= 4 is 5.97 Å². The van der Waals surface area contributed by atoms with Crippen LogP contribution in [0.1, 0.15) is 39.0 Å². The van der Waals surface area contributed by atoms with Gasteiger partial charge in [0.05, 0.1) is 26.2 Å². The van der Waals surface area contributed by atoms with Crippen molar-refractivity contribution in [2.75, 3.05) is 46.6 Å². The van der Waals surface area contributed by atoms with Crippen LogP contribution in [0, 0.1) is 0 Å². The Morgan fingerprint density at radius 3 is 2.37 bits per heavy atom. The molecule has 1 heterocycles. The van der Waals surface area contributed by atoms with E-state index in [1.165, 1.54) is 45.3 Å². The topological polar surface area (TPSA) is 59.0 Å². The zero-order chi connectivity index (χ0) is 14.3. The number of piperidine rings is 1. The molecule has 5 heteroatoms. The first-order chi connectivity index (χ1) is 9.20. The van der Waals surface area contributed by atoms with Crippen LogP contribution in [0.3, 0.4) is 0 Å². The van der Waals surface area contributed by atoms with E-state index >= 15 is 0 Å². The first kappa shape index (κ1) is 18.4. The van der Waals surface area contributed by atoms with Crippen LogP contribution in [0.15, 0.2) is 0 Å². The van der Waals surface area contributed by atoms with Gasteiger partial charge in [-0.3, -0.25) is 4.79 Å². The molecule has 1 aliphatic rings. The molecule has 1 saturated heterocycles. The van der Waals surface area contributed by atoms with Gasteiger partial charge in [-0.25, -0.2) is 0 Å². The fourth-order valence-corrected chi connectivity index (χ4v) is 1.90. The van der Waals surface area contributed by atoms with Gasteiger partial charge in [0.1, 0.15) is 0 Å². The maximum atomic E-state index is 9.92. The summed E-state index contributed by atoms with van der Waals surface area (Å²) >= 11 is 0. The monoisotopic (exact) mass is 275 g/mol. The largest absolute Gasteiger partial charge is 0.481 e. The number of likely N-dealkylation sites (tertiary alicyclic amines) is 1. The summed E-state index contributed by atoms with van der Waals surface area (Å²) in [7, 11) is 1.57. The third-order valence-corrected chi connectivity index (χ3v) is 2.88. The summed E-state index contributed by atoms with van der Waals surface area (Å²) in [6.45, 7) is 7.53. The quantitative estimate of drug-likeness (QED) is 0.687. The Balaban J connectivity index is 0.000000342. The molecule has 0 unspecified atom stereocenters. The van der Waals surface area contributed by atoms with Crippen LogP contribution in [-0.2, 0) is 14.3 Å². The van der Waals surface area contributed by atoms with Crippen LogP contribution in [0.4, 0.5) is 0 Å². The maximum Gasteiger partial charge on any atom is 0.305 e. The van der Waals surface area contributed by atoms with E-state index in [1.807, 2.05) is 0 Å². The first-order valence-corrected chi connectivity index (χ1v) is 7.21. The number of hydrogen-bond donors (Lipinski definition) is 1. The van der Waals surface area contributed by atoms with Crippen LogP contribution in [0.2, 0.25) is 0 Å². The molecule has 0 aromatic rings. The van der Waals surface area contributed by atoms with Gasteiger partial charge in [-0.15, -0.1) is 0 Å². The molecular formula is C14H29NO4. The van der Waals surface area contributed by atoms with Gasteiger partial charge in [0.15, 0.2) is 0 Å². The standard InChI is InChI=1S/C8H17N.C6H12O4/c1-2-6-9-7-4-3-5-8-9;1-9-4-5-10-3-2-6(7)8/h2-8H2,1H3;2-5H2,1H3,(H,7,8). The van der Waals surface area contributed by atoms with Crippen molar-refractivity contribution in [1.82, 2.24) is 4.90 Å². The molecule has 0 bridgehead atoms. The number of aliphatic carboxylic acids is 1. The average molecular weight is 275 g/mol. The minimum Gasteiger partial charge on any atom is -0.481 e. The maximum absolute atomic E-state index is 9.92. The van der Waals surface area contributed by atoms with Crippen LogP contribution in [-0.4, -0.2) is 62.5 Å². The summed E-state index contributed by atoms with van der Waals surface area (Å²) in [5.74, 6) is -0.836. The lowest BCUT2D eigenvalue weighted by Crippen LogP contribution is -2.30. The van der Waals surface area contributed by atoms with Gasteiger partial charge in [0, 0.05) is 7.11 Å². The van der Waals surface area contributed by atoms with E-state index in [0.29, 0.717) is 13.2 Å². The fourth-order valence-electron chi connectivity index (χ4n) is 1.90. The van der Waals surface area contributed by atoms with E-state index in [4.69, 9.17) is 9.84 Å². The predicted octanol–water partition coefficient (Wildman–Crippen LogP) is 2.01. The number of methoxy groups -OCH3 is 1. The molecule has 0 atom stereocenters. The van der Waals surface area contributed by atoms with Gasteiger partial charge in [-0.1, -0.05) is 13.3 Å². The highest BCUT2D eigenvalue weighted by Crippen LogP contribution is 2.07. The minimum absolute atomic E-state index is 0.0592. The van der Waals surface area contributed by atoms with Gasteiger partial charge in [-0.05, 0) is 38.9 Å². The summed E-state index contributed by atoms with van der Waals surface area (Å²) in [6.07, 6.45) is 5.70. The van der Waals surface area contributed by atoms with E-state index < -0.39 is 5.97 Å². The van der Waals surface area contributed by atoms with E-state index in [0.717, 1.165) is 0 Å². The molecule has 1 N–H and O–H groups in total. The second-order valence-corrected chi connectivity index (χ2v) is 4.65. The molecule has 114 valence electrons. The Morgan fingerprint density at radius 1 is 1.16 bits per heavy atom. The highest BCUT2D eigenvalue weighted by Gasteiger charge is 2.07. The lowest BCUT2D eigenvalue weighted by atomic mass is 10.1. The molecule has 0 aliphatic carbocycles. The van der Waals surface area contributed by atoms with E-state index in [-0.39, 0.29) is 13.0 Å². The number of carboxylic acids is 1. The van der Waals surface area contributed by atoms with Crippen molar-refractivity contribution in [3.8, 4) is 0 Å². The van der Waals surface area contributed by atoms with Crippen molar-refractivity contribution in [2.45, 2.75) is 39.0 Å². The van der Waals surface area contributed by atoms with Crippen LogP contribution in [0.25, 0.3) is 0 Å². The Bertz CT molecular complexity index is 203. The number of hydrogen-bond acceptors (Lipinski definition) is 4. The third kappa shape index (κ3) is 13.6. The van der Waals surface area contributed by atoms with Gasteiger partial charge in [-0.2, -0.15) is 0 Å². The zero-order valence-corrected chi connectivity index (χ0v) is 12.4. The Hall–Kier alpha value is -0.650. The summed E-state index contributed by atoms with van der Waals surface area (Å²) in [5, 5.41) is 8.16. The number of carboxylic acid groups (broad SMARTS) is 1. The Kier molecular flexibility index (Phi) is 13.3. The molecule has 0 amide bonds. The van der Waals surface area contributed by atoms with Crippen molar-refractivity contribution in [3.05, 3.63) is 0 Å². The van der Waals surface area contributed by atoms with Gasteiger partial charge in [0.25, 0.3) is 0 Å². The van der Waals surface area contributed by atoms with Crippen molar-refractivity contribution in [1.29, 1.82) is 0 Å². The van der Waals surface area contributed by atoms with Crippen LogP contribution >= 0.6 is 0 Å². The highest BCUT2D eigenvalue weighted by atomic mass is 16.5. The molecule has 1 aliphatic heterocycles. The summed E-state index contributed by atoms with van der Waals surface area (Å²) in [5.41, 5.74) is 0. The molecule has 0 saturated carbocycles. The van der Waals surface area contributed by atoms with Gasteiger partial charge < -0.3 is 19.5 Å². The van der Waals surface area contributed by atoms with Crippen molar-refractivity contribution in [3.63, 3.8) is 0 Å². The Morgan fingerprint density at radius 2 is 1.84 bits per heavy atom. The number of nitrogens with zero attached hydrogens (tertiary/aromatic N) is 1. The van der Waals surface area contributed by atoms with E-state index in [1.54, 1.807) is 7.11 Å². The molecule has 1 fully saturated rings. The molecular weight excluding hydrogens is 246 g/mol. The third-order valence-electron chi connectivity index (χ3n) is 2.88. The number of carbonyl (C=O) groups is 1. The molecule has 5 nitrogen and oxygen atoms in total. The second kappa shape index (κ2) is 13.8. The van der Waals surface area contributed by atoms with Gasteiger partial charge >= 0.3 is 5.97 Å². The van der Waals surface area contributed by atoms with Crippen LogP contribution in [0.5, 0.6) is 0 Å². The lowest BCUT2D eigenvalue weighted by molar-refractivity contribution is -0.138. The van der Waals surface area contributed by atoms with Crippen molar-refractivity contribution in [2.24, 2.45) is 0 Å². The predicted molar refractivity (Wildman–Crippen MR) is 75.5 cm³/mol. The number of rotatable bonds is 8. The first-order valence-electron chi connectivity index (χ1n) is 7.21. The second-order valence-electron chi connectivity index (χ2n) is 4.65. The molecule has 0 radical (unpaired) electrons. The summed E-state index contributed by atoms with van der Waals surface area (Å²) in [6, 6.07) is 0. The highest BCUT2D eigenvalue weighted by molar-refractivity contribution is 5.66. The fraction of sp³-hybridized carbons (Fsp3) is 0.929. The van der Waals surface area contributed by atoms with Gasteiger partial charge in [0.2, 0.25) is 0 Å². The molecule has 0 aromatic heterocycles. The summed E-state index contributed by atoms with van der Waals surface area (Å²) < 4.78 is 9.56. The number of ether oxygens (including phenoxy) is 2. The molecule has 0 spiro atoms. The minimum atomic E-state index is -0.836. The Labute approximate surface area is 116 Å². The smallest absolute Gasteiger partial charge is 0.305 e. The van der Waals surface area contributed by atoms with E-state index in [9.17, 15) is 4.79 Å². The molecule has 0 aromatic carbocycles. The van der Waals surface area contributed by atoms with Crippen molar-refractivity contribution < 1.29 is 19.4 Å². The summed E-state index contributed by atoms with van der Waals surface area (Å²) in [4.78, 5) is 12.5. The lowest BCUT2D eigenvalue weighted by Gasteiger charge is -2.25.